The molecule has 0 saturated carbocycles. The number of rotatable bonds is 12. The maximum Gasteiger partial charge on any atom is 0.494 e. The highest BCUT2D eigenvalue weighted by molar-refractivity contribution is 7.26. The Balaban J connectivity index is 0.000000120. The van der Waals surface area contributed by atoms with Gasteiger partial charge >= 0.3 is 7.12 Å². The highest BCUT2D eigenvalue weighted by Crippen LogP contribution is 2.47. The van der Waals surface area contributed by atoms with Crippen LogP contribution >= 0.6 is 34.3 Å². The summed E-state index contributed by atoms with van der Waals surface area (Å²) in [6.45, 7) is 8.34. The smallest absolute Gasteiger partial charge is 0.455 e. The topological polar surface area (TPSA) is 122 Å². The van der Waals surface area contributed by atoms with Gasteiger partial charge in [0.05, 0.1) is 11.2 Å². The van der Waals surface area contributed by atoms with Crippen molar-refractivity contribution in [1.82, 2.24) is 29.9 Å². The highest BCUT2D eigenvalue weighted by atomic mass is 35.5. The molecule has 10 nitrogen and oxygen atoms in total. The fourth-order valence-electron chi connectivity index (χ4n) is 16.5. The second-order valence-electron chi connectivity index (χ2n) is 31.5. The molecule has 7 heterocycles. The van der Waals surface area contributed by atoms with Crippen molar-refractivity contribution >= 4 is 131 Å². The molecule has 6 aromatic heterocycles. The molecule has 1 fully saturated rings. The van der Waals surface area contributed by atoms with Gasteiger partial charge in [-0.1, -0.05) is 352 Å². The number of halogens is 1. The Labute approximate surface area is 717 Å². The molecule has 0 bridgehead atoms. The average molecular weight is 1630 g/mol. The molecule has 0 spiro atoms. The van der Waals surface area contributed by atoms with Gasteiger partial charge in [-0.2, -0.15) is 9.97 Å². The lowest BCUT2D eigenvalue weighted by Crippen LogP contribution is -2.41. The Morgan fingerprint density at radius 2 is 0.533 bits per heavy atom. The van der Waals surface area contributed by atoms with E-state index in [1.165, 1.54) is 73.7 Å². The second-order valence-corrected chi connectivity index (χ2v) is 33.9. The molecule has 0 unspecified atom stereocenters. The minimum Gasteiger partial charge on any atom is -0.455 e. The van der Waals surface area contributed by atoms with Gasteiger partial charge in [0.15, 0.2) is 29.1 Å². The van der Waals surface area contributed by atoms with Crippen molar-refractivity contribution in [1.29, 1.82) is 0 Å². The van der Waals surface area contributed by atoms with Crippen LogP contribution in [-0.2, 0) is 9.31 Å². The van der Waals surface area contributed by atoms with Crippen LogP contribution in [-0.4, -0.2) is 48.2 Å². The van der Waals surface area contributed by atoms with Gasteiger partial charge in [0.2, 0.25) is 5.28 Å². The predicted molar refractivity (Wildman–Crippen MR) is 507 cm³/mol. The molecule has 16 aromatic carbocycles. The lowest BCUT2D eigenvalue weighted by Gasteiger charge is -2.32. The first-order valence-corrected chi connectivity index (χ1v) is 42.7. The van der Waals surface area contributed by atoms with Gasteiger partial charge < -0.3 is 18.1 Å². The fourth-order valence-corrected chi connectivity index (χ4v) is 19.2. The van der Waals surface area contributed by atoms with Gasteiger partial charge in [-0.3, -0.25) is 0 Å². The molecule has 122 heavy (non-hydrogen) atoms. The maximum atomic E-state index is 6.58. The first kappa shape index (κ1) is 75.3. The first-order valence-electron chi connectivity index (χ1n) is 40.7. The van der Waals surface area contributed by atoms with Crippen molar-refractivity contribution in [3.63, 3.8) is 0 Å². The zero-order valence-electron chi connectivity index (χ0n) is 66.9. The first-order chi connectivity index (χ1) is 59.8. The number of thiophene rings is 2. The van der Waals surface area contributed by atoms with Gasteiger partial charge in [0.25, 0.3) is 0 Å². The Kier molecular flexibility index (Phi) is 19.5. The largest absolute Gasteiger partial charge is 0.494 e. The summed E-state index contributed by atoms with van der Waals surface area (Å²) in [5, 5.41) is 9.43. The monoisotopic (exact) mass is 1630 g/mol. The Hall–Kier alpha value is -14.1. The fraction of sp³-hybridized carbons (Fsp3) is 0.0556. The molecule has 14 heteroatoms. The van der Waals surface area contributed by atoms with E-state index in [1.54, 1.807) is 0 Å². The van der Waals surface area contributed by atoms with E-state index in [4.69, 9.17) is 49.7 Å². The van der Waals surface area contributed by atoms with E-state index in [9.17, 15) is 0 Å². The van der Waals surface area contributed by atoms with Crippen LogP contribution < -0.4 is 5.46 Å². The van der Waals surface area contributed by atoms with Gasteiger partial charge in [-0.05, 0) is 125 Å². The zero-order valence-corrected chi connectivity index (χ0v) is 69.3. The summed E-state index contributed by atoms with van der Waals surface area (Å²) in [7, 11) is -0.330. The average Bonchev–Trinajstić information content (AvgIpc) is 1.59. The Bertz CT molecular complexity index is 7680. The molecule has 0 aliphatic carbocycles. The summed E-state index contributed by atoms with van der Waals surface area (Å²) in [6.07, 6.45) is 0. The molecule has 1 aliphatic heterocycles. The second kappa shape index (κ2) is 31.5. The minimum atomic E-state index is -0.330. The zero-order chi connectivity index (χ0) is 82.0. The maximum absolute atomic E-state index is 6.58. The van der Waals surface area contributed by atoms with E-state index in [1.807, 2.05) is 144 Å². The summed E-state index contributed by atoms with van der Waals surface area (Å²) >= 11 is 10.0. The molecule has 22 aromatic rings. The van der Waals surface area contributed by atoms with Crippen molar-refractivity contribution in [2.75, 3.05) is 0 Å². The van der Waals surface area contributed by atoms with Crippen LogP contribution in [0.2, 0.25) is 5.28 Å². The van der Waals surface area contributed by atoms with E-state index in [0.29, 0.717) is 29.1 Å². The number of hydrogen-bond acceptors (Lipinski definition) is 12. The van der Waals surface area contributed by atoms with E-state index in [0.717, 1.165) is 111 Å². The number of hydrogen-bond donors (Lipinski definition) is 0. The summed E-state index contributed by atoms with van der Waals surface area (Å²) in [5.74, 6) is 2.88. The van der Waals surface area contributed by atoms with Crippen LogP contribution in [0.1, 0.15) is 27.7 Å². The third-order valence-electron chi connectivity index (χ3n) is 23.5. The molecule has 582 valence electrons. The van der Waals surface area contributed by atoms with Crippen LogP contribution in [0.5, 0.6) is 0 Å². The molecule has 1 saturated heterocycles. The van der Waals surface area contributed by atoms with Gasteiger partial charge in [0.1, 0.15) is 22.3 Å². The lowest BCUT2D eigenvalue weighted by molar-refractivity contribution is 0.00578. The van der Waals surface area contributed by atoms with Crippen LogP contribution in [0.3, 0.4) is 0 Å². The number of para-hydroxylation sites is 2. The third kappa shape index (κ3) is 14.1. The molecule has 0 amide bonds. The molecular formula is C108H74BClN6O4S2. The van der Waals surface area contributed by atoms with Crippen molar-refractivity contribution in [3.8, 4) is 124 Å². The summed E-state index contributed by atoms with van der Waals surface area (Å²) in [5.41, 5.74) is 22.1. The van der Waals surface area contributed by atoms with Crippen molar-refractivity contribution in [3.05, 3.63) is 381 Å². The van der Waals surface area contributed by atoms with Gasteiger partial charge in [-0.15, -0.1) is 22.7 Å². The number of furan rings is 2. The minimum absolute atomic E-state index is 0.156. The Morgan fingerprint density at radius 3 is 0.959 bits per heavy atom. The number of benzene rings is 16. The van der Waals surface area contributed by atoms with Crippen molar-refractivity contribution < 1.29 is 18.1 Å². The van der Waals surface area contributed by atoms with E-state index in [2.05, 4.69) is 292 Å². The van der Waals surface area contributed by atoms with Crippen molar-refractivity contribution in [2.45, 2.75) is 38.9 Å². The van der Waals surface area contributed by atoms with E-state index < -0.39 is 0 Å². The molecule has 23 rings (SSSR count). The van der Waals surface area contributed by atoms with Crippen molar-refractivity contribution in [2.24, 2.45) is 0 Å². The SMILES string of the molecule is CC1(C)OB(c2ccc(-c3ccc(-c4cccc5c4sc4ccccc45)cc3)cc2)OC1(C)C.Clc1nc(-c2ccccc2)nc(-c2cccc3oc4c(-c5ccccc5)cccc4c23)n1.c1ccc(-c2nc(-c3ccc(-c4ccc(-c5cccc6c5sc5ccccc56)cc4)cc3)nc(-c3cccc4oc5c(-c6ccccc6)cccc5c34)n2)cc1. The molecule has 0 N–H and O–H groups in total. The van der Waals surface area contributed by atoms with E-state index in [-0.39, 0.29) is 23.6 Å². The van der Waals surface area contributed by atoms with Crippen LogP contribution in [0.15, 0.2) is 385 Å². The summed E-state index contributed by atoms with van der Waals surface area (Å²) in [6, 6.07) is 130. The lowest BCUT2D eigenvalue weighted by atomic mass is 9.78. The number of aromatic nitrogens is 6. The van der Waals surface area contributed by atoms with Gasteiger partial charge in [-0.25, -0.2) is 19.9 Å². The molecule has 1 aliphatic rings. The predicted octanol–water partition coefficient (Wildman–Crippen LogP) is 29.3. The third-order valence-corrected chi connectivity index (χ3v) is 26.1. The quantitative estimate of drug-likeness (QED) is 0.109. The van der Waals surface area contributed by atoms with Crippen LogP contribution in [0.4, 0.5) is 0 Å². The standard InChI is InChI=1S/C51H31N3OS.C30H27BO2S.C27H16ClN3O/c1-3-12-34(13-4-1)38-17-9-20-42-46-43(21-11-22-44(46)55-47(38)42)51-53-49(36-14-5-2-6-15-36)52-50(54-51)37-30-26-33(27-31-37)32-24-28-35(29-25-32)39-18-10-19-41-40-16-7-8-23-45(40)56-48(39)41;1-29(2)30(3,4)33-31(32-29)23-18-16-21(17-19-23)20-12-14-22(15-13-20)24-9-7-10-26-25-8-5-6-11-27(25)34-28(24)26;28-27-30-25(18-11-5-2-6-12-18)29-26(31-27)21-15-8-16-22-23(21)20-14-7-13-19(24(20)32-22)17-9-3-1-4-10-17/h1-31H;5-19H,1-4H3;1-16H. The summed E-state index contributed by atoms with van der Waals surface area (Å²) in [4.78, 5) is 28.8. The molecular weight excluding hydrogens is 1560 g/mol. The normalized spacial score (nSPS) is 13.0. The Morgan fingerprint density at radius 1 is 0.246 bits per heavy atom. The molecule has 0 atom stereocenters. The van der Waals surface area contributed by atoms with Crippen LogP contribution in [0, 0.1) is 0 Å². The highest BCUT2D eigenvalue weighted by Gasteiger charge is 2.51. The molecule has 0 radical (unpaired) electrons. The van der Waals surface area contributed by atoms with Gasteiger partial charge in [0, 0.05) is 101 Å². The number of fused-ring (bicyclic) bond motifs is 12. The number of nitrogens with zero attached hydrogens (tertiary/aromatic N) is 6. The van der Waals surface area contributed by atoms with E-state index >= 15 is 0 Å². The summed E-state index contributed by atoms with van der Waals surface area (Å²) < 4.78 is 30.6. The van der Waals surface area contributed by atoms with Crippen LogP contribution in [0.25, 0.3) is 208 Å².